The Kier molecular flexibility index (Phi) is 12.8. The molecule has 0 amide bonds. The van der Waals surface area contributed by atoms with Gasteiger partial charge >= 0.3 is 6.16 Å². The highest BCUT2D eigenvalue weighted by molar-refractivity contribution is 5.63. The van der Waals surface area contributed by atoms with Gasteiger partial charge in [-0.3, -0.25) is 0 Å². The van der Waals surface area contributed by atoms with Crippen LogP contribution in [-0.2, 0) is 73.8 Å². The molecule has 0 bridgehead atoms. The van der Waals surface area contributed by atoms with Crippen LogP contribution in [0.2, 0.25) is 0 Å². The summed E-state index contributed by atoms with van der Waals surface area (Å²) in [7, 11) is 1.58. The standard InChI is InChI=1S/C42H46O11/c1-28-34-37(53-42(43)52-34)39(48-26-32-21-13-6-14-22-32)41(50-28)49-27-33-35(45-23-29-15-7-3-8-16-29)36(46-24-30-17-9-4-10-18-30)38(40(44-2)51-33)47-25-31-19-11-5-12-20-31/h3-22,28,33-41H,23-27H2,1-2H3/t28-,33+,34-,35+,36-,37+,38+,39+,40-,41+/m0/s1. The fraction of sp³-hybridized carbons (Fsp3) is 0.405. The lowest BCUT2D eigenvalue weighted by atomic mass is 9.97. The van der Waals surface area contributed by atoms with Crippen LogP contribution in [0.5, 0.6) is 0 Å². The molecule has 0 aromatic heterocycles. The van der Waals surface area contributed by atoms with Gasteiger partial charge in [-0.25, -0.2) is 4.79 Å². The van der Waals surface area contributed by atoms with Gasteiger partial charge in [-0.15, -0.1) is 0 Å². The number of fused-ring (bicyclic) bond motifs is 1. The molecule has 3 aliphatic rings. The van der Waals surface area contributed by atoms with E-state index in [1.165, 1.54) is 0 Å². The van der Waals surface area contributed by atoms with E-state index in [-0.39, 0.29) is 19.8 Å². The normalized spacial score (nSPS) is 29.6. The minimum absolute atomic E-state index is 0.00466. The molecular weight excluding hydrogens is 680 g/mol. The molecule has 53 heavy (non-hydrogen) atoms. The van der Waals surface area contributed by atoms with Crippen molar-refractivity contribution in [2.45, 2.75) is 94.8 Å². The monoisotopic (exact) mass is 726 g/mol. The number of carbonyl (C=O) groups is 1. The third-order valence-corrected chi connectivity index (χ3v) is 9.58. The number of methoxy groups -OCH3 is 1. The Balaban J connectivity index is 1.15. The summed E-state index contributed by atoms with van der Waals surface area (Å²) in [4.78, 5) is 12.3. The number of hydrogen-bond acceptors (Lipinski definition) is 11. The first-order valence-electron chi connectivity index (χ1n) is 18.0. The van der Waals surface area contributed by atoms with Crippen molar-refractivity contribution in [1.29, 1.82) is 0 Å². The molecule has 280 valence electrons. The van der Waals surface area contributed by atoms with E-state index < -0.39 is 67.6 Å². The van der Waals surface area contributed by atoms with Gasteiger partial charge in [-0.05, 0) is 29.2 Å². The van der Waals surface area contributed by atoms with Gasteiger partial charge in [0.05, 0.1) is 39.1 Å². The van der Waals surface area contributed by atoms with Crippen LogP contribution in [0, 0.1) is 0 Å². The second-order valence-corrected chi connectivity index (χ2v) is 13.3. The van der Waals surface area contributed by atoms with Gasteiger partial charge < -0.3 is 47.4 Å². The van der Waals surface area contributed by atoms with Crippen molar-refractivity contribution in [1.82, 2.24) is 0 Å². The zero-order valence-electron chi connectivity index (χ0n) is 29.8. The minimum Gasteiger partial charge on any atom is -0.424 e. The topological polar surface area (TPSA) is 109 Å². The summed E-state index contributed by atoms with van der Waals surface area (Å²) in [5.41, 5.74) is 3.92. The van der Waals surface area contributed by atoms with Gasteiger partial charge in [0.15, 0.2) is 24.8 Å². The molecule has 3 fully saturated rings. The summed E-state index contributed by atoms with van der Waals surface area (Å²) in [5, 5.41) is 0. The summed E-state index contributed by atoms with van der Waals surface area (Å²) in [6.07, 6.45) is -7.88. The molecule has 3 heterocycles. The third kappa shape index (κ3) is 9.50. The zero-order valence-corrected chi connectivity index (χ0v) is 29.8. The van der Waals surface area contributed by atoms with Crippen molar-refractivity contribution in [3.8, 4) is 0 Å². The molecular formula is C42H46O11. The highest BCUT2D eigenvalue weighted by Crippen LogP contribution is 2.35. The van der Waals surface area contributed by atoms with Crippen molar-refractivity contribution in [3.63, 3.8) is 0 Å². The van der Waals surface area contributed by atoms with Crippen molar-refractivity contribution in [2.24, 2.45) is 0 Å². The molecule has 0 spiro atoms. The number of hydrogen-bond donors (Lipinski definition) is 0. The maximum atomic E-state index is 12.3. The minimum atomic E-state index is -0.931. The predicted octanol–water partition coefficient (Wildman–Crippen LogP) is 6.36. The fourth-order valence-electron chi connectivity index (χ4n) is 6.86. The van der Waals surface area contributed by atoms with E-state index in [9.17, 15) is 4.79 Å². The van der Waals surface area contributed by atoms with E-state index in [0.29, 0.717) is 13.2 Å². The molecule has 3 aliphatic heterocycles. The molecule has 4 aromatic carbocycles. The van der Waals surface area contributed by atoms with Gasteiger partial charge in [0.1, 0.15) is 30.5 Å². The van der Waals surface area contributed by atoms with Gasteiger partial charge in [0.2, 0.25) is 0 Å². The second-order valence-electron chi connectivity index (χ2n) is 13.3. The largest absolute Gasteiger partial charge is 0.509 e. The van der Waals surface area contributed by atoms with Crippen molar-refractivity contribution in [2.75, 3.05) is 13.7 Å². The molecule has 3 saturated heterocycles. The Hall–Kier alpha value is -4.17. The maximum absolute atomic E-state index is 12.3. The molecule has 10 atom stereocenters. The Labute approximate surface area is 309 Å². The molecule has 11 nitrogen and oxygen atoms in total. The smallest absolute Gasteiger partial charge is 0.424 e. The Morgan fingerprint density at radius 2 is 0.925 bits per heavy atom. The SMILES string of the molecule is CO[C@H]1O[C@H](CO[C@@H]2O[C@@H](C)[C@@H]3OC(=O)O[C@H]3[C@H]2OCc2ccccc2)[C@@H](OCc2ccccc2)[C@H](OCc2ccccc2)[C@H]1OCc1ccccc1. The third-order valence-electron chi connectivity index (χ3n) is 9.58. The van der Waals surface area contributed by atoms with E-state index in [2.05, 4.69) is 0 Å². The van der Waals surface area contributed by atoms with Crippen molar-refractivity contribution >= 4 is 6.16 Å². The highest BCUT2D eigenvalue weighted by Gasteiger charge is 2.55. The average molecular weight is 727 g/mol. The first kappa shape index (κ1) is 37.2. The number of ether oxygens (including phenoxy) is 10. The van der Waals surface area contributed by atoms with Gasteiger partial charge in [0, 0.05) is 7.11 Å². The summed E-state index contributed by atoms with van der Waals surface area (Å²) in [6, 6.07) is 39.5. The lowest BCUT2D eigenvalue weighted by molar-refractivity contribution is -0.338. The Morgan fingerprint density at radius 3 is 1.42 bits per heavy atom. The van der Waals surface area contributed by atoms with Crippen LogP contribution in [0.25, 0.3) is 0 Å². The van der Waals surface area contributed by atoms with Crippen molar-refractivity contribution < 1.29 is 52.2 Å². The van der Waals surface area contributed by atoms with E-state index >= 15 is 0 Å². The van der Waals surface area contributed by atoms with Crippen LogP contribution in [0.3, 0.4) is 0 Å². The van der Waals surface area contributed by atoms with Crippen LogP contribution >= 0.6 is 0 Å². The van der Waals surface area contributed by atoms with Crippen LogP contribution in [0.1, 0.15) is 29.2 Å². The number of carbonyl (C=O) groups excluding carboxylic acids is 1. The molecule has 0 N–H and O–H groups in total. The predicted molar refractivity (Wildman–Crippen MR) is 191 cm³/mol. The highest BCUT2D eigenvalue weighted by atomic mass is 16.8. The van der Waals surface area contributed by atoms with Crippen molar-refractivity contribution in [3.05, 3.63) is 144 Å². The summed E-state index contributed by atoms with van der Waals surface area (Å²) < 4.78 is 62.8. The second kappa shape index (κ2) is 18.2. The zero-order chi connectivity index (χ0) is 36.4. The lowest BCUT2D eigenvalue weighted by Crippen LogP contribution is -2.62. The quantitative estimate of drug-likeness (QED) is 0.120. The van der Waals surface area contributed by atoms with E-state index in [1.807, 2.05) is 128 Å². The van der Waals surface area contributed by atoms with Gasteiger partial charge in [0.25, 0.3) is 0 Å². The van der Waals surface area contributed by atoms with E-state index in [4.69, 9.17) is 47.4 Å². The lowest BCUT2D eigenvalue weighted by Gasteiger charge is -2.46. The number of rotatable bonds is 16. The summed E-state index contributed by atoms with van der Waals surface area (Å²) in [6.45, 7) is 2.97. The molecule has 4 aromatic rings. The van der Waals surface area contributed by atoms with Crippen LogP contribution in [0.15, 0.2) is 121 Å². The van der Waals surface area contributed by atoms with E-state index in [0.717, 1.165) is 22.3 Å². The fourth-order valence-corrected chi connectivity index (χ4v) is 6.86. The number of benzene rings is 4. The van der Waals surface area contributed by atoms with Crippen LogP contribution in [0.4, 0.5) is 4.79 Å². The maximum Gasteiger partial charge on any atom is 0.509 e. The summed E-state index contributed by atoms with van der Waals surface area (Å²) >= 11 is 0. The van der Waals surface area contributed by atoms with Crippen LogP contribution in [-0.4, -0.2) is 81.3 Å². The van der Waals surface area contributed by atoms with Gasteiger partial charge in [-0.2, -0.15) is 0 Å². The van der Waals surface area contributed by atoms with E-state index in [1.54, 1.807) is 7.11 Å². The molecule has 0 aliphatic carbocycles. The van der Waals surface area contributed by atoms with Crippen LogP contribution < -0.4 is 0 Å². The average Bonchev–Trinajstić information content (AvgIpc) is 3.61. The molecule has 0 radical (unpaired) electrons. The summed E-state index contributed by atoms with van der Waals surface area (Å²) in [5.74, 6) is 0. The van der Waals surface area contributed by atoms with Gasteiger partial charge in [-0.1, -0.05) is 121 Å². The molecule has 11 heteroatoms. The molecule has 7 rings (SSSR count). The first-order chi connectivity index (χ1) is 26.1. The molecule has 0 saturated carbocycles. The Morgan fingerprint density at radius 1 is 0.491 bits per heavy atom. The first-order valence-corrected chi connectivity index (χ1v) is 18.0. The Bertz CT molecular complexity index is 1680. The molecule has 0 unspecified atom stereocenters.